The zero-order chi connectivity index (χ0) is 11.8. The van der Waals surface area contributed by atoms with Crippen molar-refractivity contribution in [1.29, 1.82) is 0 Å². The third-order valence-corrected chi connectivity index (χ3v) is 3.92. The Morgan fingerprint density at radius 2 is 2.25 bits per heavy atom. The Labute approximate surface area is 111 Å². The highest BCUT2D eigenvalue weighted by molar-refractivity contribution is 14.1. The van der Waals surface area contributed by atoms with Crippen LogP contribution in [0.15, 0.2) is 6.20 Å². The van der Waals surface area contributed by atoms with Crippen LogP contribution in [0.2, 0.25) is 0 Å². The first kappa shape index (κ1) is 12.1. The molecule has 1 N–H and O–H groups in total. The first-order chi connectivity index (χ1) is 7.54. The summed E-state index contributed by atoms with van der Waals surface area (Å²) in [6.45, 7) is 7.68. The van der Waals surface area contributed by atoms with Crippen LogP contribution in [0.25, 0.3) is 0 Å². The third-order valence-electron chi connectivity index (χ3n) is 3.13. The number of nitrogens with one attached hydrogen (secondary N) is 1. The van der Waals surface area contributed by atoms with Gasteiger partial charge in [-0.05, 0) is 40.8 Å². The Morgan fingerprint density at radius 1 is 1.56 bits per heavy atom. The maximum atomic E-state index is 4.64. The number of anilines is 1. The molecular formula is C12H18IN3. The normalized spacial score (nSPS) is 21.9. The van der Waals surface area contributed by atoms with Crippen LogP contribution in [0.3, 0.4) is 0 Å². The topological polar surface area (TPSA) is 37.8 Å². The van der Waals surface area contributed by atoms with Gasteiger partial charge in [0.1, 0.15) is 11.6 Å². The molecule has 1 fully saturated rings. The Bertz CT molecular complexity index is 390. The highest BCUT2D eigenvalue weighted by Gasteiger charge is 2.48. The van der Waals surface area contributed by atoms with Gasteiger partial charge in [0.25, 0.3) is 0 Å². The largest absolute Gasteiger partial charge is 0.369 e. The van der Waals surface area contributed by atoms with Gasteiger partial charge in [0, 0.05) is 18.7 Å². The van der Waals surface area contributed by atoms with Gasteiger partial charge in [-0.25, -0.2) is 9.97 Å². The molecule has 2 rings (SSSR count). The molecular weight excluding hydrogens is 313 g/mol. The first-order valence-corrected chi connectivity index (χ1v) is 6.89. The minimum Gasteiger partial charge on any atom is -0.369 e. The van der Waals surface area contributed by atoms with Crippen LogP contribution in [0, 0.1) is 8.99 Å². The van der Waals surface area contributed by atoms with Crippen LogP contribution >= 0.6 is 22.6 Å². The van der Waals surface area contributed by atoms with E-state index in [2.05, 4.69) is 58.6 Å². The van der Waals surface area contributed by atoms with E-state index in [1.165, 1.54) is 6.42 Å². The van der Waals surface area contributed by atoms with Gasteiger partial charge in [0.2, 0.25) is 0 Å². The zero-order valence-electron chi connectivity index (χ0n) is 10.0. The molecule has 3 nitrogen and oxygen atoms in total. The van der Waals surface area contributed by atoms with Gasteiger partial charge < -0.3 is 5.32 Å². The summed E-state index contributed by atoms with van der Waals surface area (Å²) in [6.07, 6.45) is 4.25. The molecule has 0 aromatic carbocycles. The summed E-state index contributed by atoms with van der Waals surface area (Å²) in [5, 5.41) is 3.35. The van der Waals surface area contributed by atoms with Crippen molar-refractivity contribution in [2.45, 2.75) is 39.5 Å². The number of nitrogens with zero attached hydrogens (tertiary/aromatic N) is 2. The molecule has 1 atom stereocenters. The third kappa shape index (κ3) is 2.47. The standard InChI is InChI=1S/C12H18IN3/c1-4-5-14-11-9(13)7-15-10(16-11)8-6-12(8,2)3/h7-8H,4-6H2,1-3H3,(H,14,15,16). The molecule has 0 aliphatic heterocycles. The van der Waals surface area contributed by atoms with Crippen molar-refractivity contribution < 1.29 is 0 Å². The number of hydrogen-bond acceptors (Lipinski definition) is 3. The van der Waals surface area contributed by atoms with Crippen molar-refractivity contribution in [2.24, 2.45) is 5.41 Å². The Hall–Kier alpha value is -0.390. The number of rotatable bonds is 4. The average Bonchev–Trinajstić information content (AvgIpc) is 2.87. The van der Waals surface area contributed by atoms with E-state index in [0.29, 0.717) is 11.3 Å². The summed E-state index contributed by atoms with van der Waals surface area (Å²) in [5.41, 5.74) is 0.398. The molecule has 1 aromatic heterocycles. The zero-order valence-corrected chi connectivity index (χ0v) is 12.2. The van der Waals surface area contributed by atoms with Gasteiger partial charge in [-0.1, -0.05) is 20.8 Å². The van der Waals surface area contributed by atoms with Gasteiger partial charge in [0.05, 0.1) is 3.57 Å². The average molecular weight is 331 g/mol. The summed E-state index contributed by atoms with van der Waals surface area (Å²) in [4.78, 5) is 9.08. The Balaban J connectivity index is 2.16. The number of aromatic nitrogens is 2. The van der Waals surface area contributed by atoms with Crippen molar-refractivity contribution in [3.05, 3.63) is 15.6 Å². The van der Waals surface area contributed by atoms with Gasteiger partial charge in [-0.2, -0.15) is 0 Å². The lowest BCUT2D eigenvalue weighted by molar-refractivity contribution is 0.608. The van der Waals surface area contributed by atoms with E-state index in [1.807, 2.05) is 6.20 Å². The molecule has 16 heavy (non-hydrogen) atoms. The predicted octanol–water partition coefficient (Wildman–Crippen LogP) is 3.42. The van der Waals surface area contributed by atoms with Crippen molar-refractivity contribution in [2.75, 3.05) is 11.9 Å². The molecule has 1 aromatic rings. The lowest BCUT2D eigenvalue weighted by atomic mass is 10.1. The van der Waals surface area contributed by atoms with E-state index in [4.69, 9.17) is 0 Å². The summed E-state index contributed by atoms with van der Waals surface area (Å²) in [7, 11) is 0. The second-order valence-electron chi connectivity index (χ2n) is 5.10. The van der Waals surface area contributed by atoms with E-state index < -0.39 is 0 Å². The van der Waals surface area contributed by atoms with E-state index in [9.17, 15) is 0 Å². The smallest absolute Gasteiger partial charge is 0.143 e. The molecule has 0 radical (unpaired) electrons. The number of hydrogen-bond donors (Lipinski definition) is 1. The SMILES string of the molecule is CCCNc1nc(C2CC2(C)C)ncc1I. The minimum absolute atomic E-state index is 0.398. The Morgan fingerprint density at radius 3 is 2.81 bits per heavy atom. The van der Waals surface area contributed by atoms with Crippen molar-refractivity contribution in [3.63, 3.8) is 0 Å². The maximum absolute atomic E-state index is 4.64. The quantitative estimate of drug-likeness (QED) is 0.859. The van der Waals surface area contributed by atoms with E-state index in [-0.39, 0.29) is 0 Å². The fourth-order valence-electron chi connectivity index (χ4n) is 1.82. The monoisotopic (exact) mass is 331 g/mol. The van der Waals surface area contributed by atoms with Crippen LogP contribution in [-0.4, -0.2) is 16.5 Å². The van der Waals surface area contributed by atoms with Gasteiger partial charge in [-0.3, -0.25) is 0 Å². The van der Waals surface area contributed by atoms with Crippen molar-refractivity contribution >= 4 is 28.4 Å². The van der Waals surface area contributed by atoms with Crippen LogP contribution < -0.4 is 5.32 Å². The molecule has 88 valence electrons. The molecule has 0 amide bonds. The van der Waals surface area contributed by atoms with Crippen LogP contribution in [0.5, 0.6) is 0 Å². The fourth-order valence-corrected chi connectivity index (χ4v) is 2.27. The van der Waals surface area contributed by atoms with E-state index in [0.717, 1.165) is 28.2 Å². The second-order valence-corrected chi connectivity index (χ2v) is 6.26. The molecule has 1 saturated carbocycles. The van der Waals surface area contributed by atoms with Gasteiger partial charge in [-0.15, -0.1) is 0 Å². The van der Waals surface area contributed by atoms with E-state index in [1.54, 1.807) is 0 Å². The van der Waals surface area contributed by atoms with Gasteiger partial charge >= 0.3 is 0 Å². The van der Waals surface area contributed by atoms with Crippen molar-refractivity contribution in [1.82, 2.24) is 9.97 Å². The second kappa shape index (κ2) is 4.47. The summed E-state index contributed by atoms with van der Waals surface area (Å²) >= 11 is 2.28. The maximum Gasteiger partial charge on any atom is 0.143 e. The predicted molar refractivity (Wildman–Crippen MR) is 74.7 cm³/mol. The number of halogens is 1. The molecule has 0 spiro atoms. The van der Waals surface area contributed by atoms with Gasteiger partial charge in [0.15, 0.2) is 0 Å². The summed E-state index contributed by atoms with van der Waals surface area (Å²) in [5.74, 6) is 2.55. The molecule has 0 bridgehead atoms. The highest BCUT2D eigenvalue weighted by atomic mass is 127. The molecule has 1 heterocycles. The van der Waals surface area contributed by atoms with Crippen LogP contribution in [0.1, 0.15) is 45.4 Å². The molecule has 1 unspecified atom stereocenters. The molecule has 1 aliphatic carbocycles. The summed E-state index contributed by atoms with van der Waals surface area (Å²) in [6, 6.07) is 0. The van der Waals surface area contributed by atoms with Crippen molar-refractivity contribution in [3.8, 4) is 0 Å². The molecule has 4 heteroatoms. The summed E-state index contributed by atoms with van der Waals surface area (Å²) < 4.78 is 1.10. The van der Waals surface area contributed by atoms with E-state index >= 15 is 0 Å². The molecule has 0 saturated heterocycles. The highest BCUT2D eigenvalue weighted by Crippen LogP contribution is 2.57. The van der Waals surface area contributed by atoms with Crippen LogP contribution in [-0.2, 0) is 0 Å². The first-order valence-electron chi connectivity index (χ1n) is 5.81. The molecule has 1 aliphatic rings. The lowest BCUT2D eigenvalue weighted by Gasteiger charge is -2.08. The van der Waals surface area contributed by atoms with Crippen LogP contribution in [0.4, 0.5) is 5.82 Å². The lowest BCUT2D eigenvalue weighted by Crippen LogP contribution is -2.07. The minimum atomic E-state index is 0.398. The fraction of sp³-hybridized carbons (Fsp3) is 0.667. The Kier molecular flexibility index (Phi) is 3.37.